The third-order valence-corrected chi connectivity index (χ3v) is 6.77. The van der Waals surface area contributed by atoms with E-state index in [0.29, 0.717) is 24.5 Å². The highest BCUT2D eigenvalue weighted by Crippen LogP contribution is 2.41. The number of methoxy groups -OCH3 is 1. The molecule has 5 heteroatoms. The number of nitrogens with zero attached hydrogens (tertiary/aromatic N) is 1. The van der Waals surface area contributed by atoms with E-state index < -0.39 is 12.0 Å². The molecule has 0 aliphatic carbocycles. The Morgan fingerprint density at radius 3 is 2.54 bits per heavy atom. The van der Waals surface area contributed by atoms with Gasteiger partial charge < -0.3 is 14.6 Å². The molecule has 0 radical (unpaired) electrons. The van der Waals surface area contributed by atoms with Crippen molar-refractivity contribution >= 4 is 16.7 Å². The van der Waals surface area contributed by atoms with Crippen LogP contribution >= 0.6 is 0 Å². The summed E-state index contributed by atoms with van der Waals surface area (Å²) >= 11 is 0. The average molecular weight is 468 g/mol. The molecule has 0 amide bonds. The van der Waals surface area contributed by atoms with E-state index in [4.69, 9.17) is 9.47 Å². The fourth-order valence-corrected chi connectivity index (χ4v) is 5.11. The normalized spacial score (nSPS) is 16.8. The highest BCUT2D eigenvalue weighted by Gasteiger charge is 2.37. The molecule has 1 fully saturated rings. The van der Waals surface area contributed by atoms with E-state index in [9.17, 15) is 9.90 Å². The van der Waals surface area contributed by atoms with Gasteiger partial charge in [-0.05, 0) is 52.4 Å². The number of likely N-dealkylation sites (tertiary alicyclic amines) is 1. The maximum Gasteiger partial charge on any atom is 0.320 e. The minimum absolute atomic E-state index is 0.221. The van der Waals surface area contributed by atoms with Crippen LogP contribution in [0.3, 0.4) is 0 Å². The molecular formula is C30H29NO4. The van der Waals surface area contributed by atoms with Gasteiger partial charge in [0.2, 0.25) is 0 Å². The van der Waals surface area contributed by atoms with Gasteiger partial charge in [-0.2, -0.15) is 0 Å². The lowest BCUT2D eigenvalue weighted by atomic mass is 9.91. The minimum Gasteiger partial charge on any atom is -0.493 e. The lowest BCUT2D eigenvalue weighted by Gasteiger charge is -2.33. The summed E-state index contributed by atoms with van der Waals surface area (Å²) in [5, 5.41) is 12.2. The van der Waals surface area contributed by atoms with Crippen LogP contribution in [-0.4, -0.2) is 35.7 Å². The van der Waals surface area contributed by atoms with Gasteiger partial charge in [-0.1, -0.05) is 78.9 Å². The van der Waals surface area contributed by atoms with Crippen molar-refractivity contribution in [2.45, 2.75) is 31.5 Å². The van der Waals surface area contributed by atoms with Crippen molar-refractivity contribution in [3.8, 4) is 11.5 Å². The molecule has 5 nitrogen and oxygen atoms in total. The topological polar surface area (TPSA) is 59.0 Å². The summed E-state index contributed by atoms with van der Waals surface area (Å²) in [5.74, 6) is 0.519. The molecule has 0 bridgehead atoms. The van der Waals surface area contributed by atoms with Crippen molar-refractivity contribution in [3.63, 3.8) is 0 Å². The molecule has 178 valence electrons. The van der Waals surface area contributed by atoms with E-state index in [0.717, 1.165) is 40.4 Å². The van der Waals surface area contributed by atoms with Gasteiger partial charge in [0.1, 0.15) is 12.6 Å². The molecule has 1 aliphatic rings. The molecular weight excluding hydrogens is 438 g/mol. The number of carboxylic acids is 1. The van der Waals surface area contributed by atoms with Crippen molar-refractivity contribution < 1.29 is 19.4 Å². The van der Waals surface area contributed by atoms with Crippen LogP contribution in [0.1, 0.15) is 35.6 Å². The fourth-order valence-electron chi connectivity index (χ4n) is 5.11. The Morgan fingerprint density at radius 2 is 1.74 bits per heavy atom. The first-order valence-electron chi connectivity index (χ1n) is 12.0. The number of hydrogen-bond acceptors (Lipinski definition) is 4. The lowest BCUT2D eigenvalue weighted by molar-refractivity contribution is -0.142. The summed E-state index contributed by atoms with van der Waals surface area (Å²) in [5.41, 5.74) is 3.16. The largest absolute Gasteiger partial charge is 0.493 e. The zero-order valence-electron chi connectivity index (χ0n) is 19.8. The second-order valence-electron chi connectivity index (χ2n) is 8.89. The van der Waals surface area contributed by atoms with Gasteiger partial charge in [0, 0.05) is 6.54 Å². The fraction of sp³-hybridized carbons (Fsp3) is 0.233. The standard InChI is InChI=1S/C30H29NO4/c1-34-28-19-23(16-17-27(28)35-20-21-9-3-2-4-10-21)29(31-18-8-15-26(31)30(32)33)25-14-7-12-22-11-5-6-13-24(22)25/h2-7,9-14,16-17,19,26,29H,8,15,18,20H2,1H3,(H,32,33). The number of benzene rings is 4. The first kappa shape index (κ1) is 22.9. The second kappa shape index (κ2) is 10.2. The highest BCUT2D eigenvalue weighted by molar-refractivity contribution is 5.86. The smallest absolute Gasteiger partial charge is 0.320 e. The lowest BCUT2D eigenvalue weighted by Crippen LogP contribution is -2.39. The molecule has 1 N–H and O–H groups in total. The first-order chi connectivity index (χ1) is 17.2. The minimum atomic E-state index is -0.775. The average Bonchev–Trinajstić information content (AvgIpc) is 3.38. The van der Waals surface area contributed by atoms with E-state index in [2.05, 4.69) is 29.2 Å². The second-order valence-corrected chi connectivity index (χ2v) is 8.89. The Morgan fingerprint density at radius 1 is 0.971 bits per heavy atom. The molecule has 4 aromatic rings. The molecule has 1 heterocycles. The van der Waals surface area contributed by atoms with Crippen molar-refractivity contribution in [1.82, 2.24) is 4.90 Å². The predicted octanol–water partition coefficient (Wildman–Crippen LogP) is 6.07. The number of aliphatic carboxylic acids is 1. The number of carboxylic acid groups (broad SMARTS) is 1. The maximum absolute atomic E-state index is 12.2. The van der Waals surface area contributed by atoms with Crippen molar-refractivity contribution in [1.29, 1.82) is 0 Å². The van der Waals surface area contributed by atoms with Gasteiger partial charge in [-0.25, -0.2) is 0 Å². The maximum atomic E-state index is 12.2. The Hall–Kier alpha value is -3.83. The Kier molecular flexibility index (Phi) is 6.68. The summed E-state index contributed by atoms with van der Waals surface area (Å²) in [4.78, 5) is 14.3. The number of hydrogen-bond donors (Lipinski definition) is 1. The predicted molar refractivity (Wildman–Crippen MR) is 137 cm³/mol. The molecule has 2 unspecified atom stereocenters. The number of fused-ring (bicyclic) bond motifs is 1. The van der Waals surface area contributed by atoms with Gasteiger partial charge in [0.15, 0.2) is 11.5 Å². The third kappa shape index (κ3) is 4.73. The van der Waals surface area contributed by atoms with Crippen LogP contribution < -0.4 is 9.47 Å². The monoisotopic (exact) mass is 467 g/mol. The van der Waals surface area contributed by atoms with E-state index in [-0.39, 0.29) is 6.04 Å². The van der Waals surface area contributed by atoms with Crippen LogP contribution in [0.25, 0.3) is 10.8 Å². The van der Waals surface area contributed by atoms with Crippen LogP contribution in [0.4, 0.5) is 0 Å². The van der Waals surface area contributed by atoms with Gasteiger partial charge in [-0.3, -0.25) is 9.69 Å². The molecule has 2 atom stereocenters. The Bertz CT molecular complexity index is 1320. The van der Waals surface area contributed by atoms with Gasteiger partial charge >= 0.3 is 5.97 Å². The van der Waals surface area contributed by atoms with Crippen LogP contribution in [0.2, 0.25) is 0 Å². The summed E-state index contributed by atoms with van der Waals surface area (Å²) in [6.07, 6.45) is 1.50. The van der Waals surface area contributed by atoms with Gasteiger partial charge in [0.25, 0.3) is 0 Å². The SMILES string of the molecule is COc1cc(C(c2cccc3ccccc23)N2CCCC2C(=O)O)ccc1OCc1ccccc1. The Balaban J connectivity index is 1.56. The molecule has 35 heavy (non-hydrogen) atoms. The van der Waals surface area contributed by atoms with Crippen LogP contribution in [0, 0.1) is 0 Å². The molecule has 1 aliphatic heterocycles. The zero-order valence-corrected chi connectivity index (χ0v) is 19.8. The van der Waals surface area contributed by atoms with Crippen LogP contribution in [0.5, 0.6) is 11.5 Å². The third-order valence-electron chi connectivity index (χ3n) is 6.77. The molecule has 1 saturated heterocycles. The van der Waals surface area contributed by atoms with E-state index in [1.54, 1.807) is 7.11 Å². The summed E-state index contributed by atoms with van der Waals surface area (Å²) in [7, 11) is 1.64. The summed E-state index contributed by atoms with van der Waals surface area (Å²) in [6, 6.07) is 29.7. The number of rotatable bonds is 8. The first-order valence-corrected chi connectivity index (χ1v) is 12.0. The molecule has 0 aromatic heterocycles. The molecule has 0 saturated carbocycles. The van der Waals surface area contributed by atoms with E-state index >= 15 is 0 Å². The van der Waals surface area contributed by atoms with Crippen molar-refractivity contribution in [3.05, 3.63) is 108 Å². The number of carbonyl (C=O) groups is 1. The summed E-state index contributed by atoms with van der Waals surface area (Å²) < 4.78 is 11.8. The van der Waals surface area contributed by atoms with Crippen LogP contribution in [0.15, 0.2) is 91.0 Å². The van der Waals surface area contributed by atoms with E-state index in [1.807, 2.05) is 66.7 Å². The summed E-state index contributed by atoms with van der Waals surface area (Å²) in [6.45, 7) is 1.16. The quantitative estimate of drug-likeness (QED) is 0.341. The van der Waals surface area contributed by atoms with Gasteiger partial charge in [0.05, 0.1) is 13.2 Å². The highest BCUT2D eigenvalue weighted by atomic mass is 16.5. The molecule has 0 spiro atoms. The van der Waals surface area contributed by atoms with Crippen molar-refractivity contribution in [2.24, 2.45) is 0 Å². The molecule has 4 aromatic carbocycles. The Labute approximate surface area is 205 Å². The zero-order chi connectivity index (χ0) is 24.2. The van der Waals surface area contributed by atoms with Gasteiger partial charge in [-0.15, -0.1) is 0 Å². The van der Waals surface area contributed by atoms with Crippen molar-refractivity contribution in [2.75, 3.05) is 13.7 Å². The number of ether oxygens (including phenoxy) is 2. The van der Waals surface area contributed by atoms with Crippen LogP contribution in [-0.2, 0) is 11.4 Å². The van der Waals surface area contributed by atoms with E-state index in [1.165, 1.54) is 0 Å². The molecule has 5 rings (SSSR count).